The molecule has 2 heteroatoms. The molecule has 0 heterocycles. The lowest BCUT2D eigenvalue weighted by atomic mass is 9.79. The van der Waals surface area contributed by atoms with Crippen molar-refractivity contribution in [3.63, 3.8) is 0 Å². The van der Waals surface area contributed by atoms with Crippen molar-refractivity contribution in [3.8, 4) is 44.5 Å². The molecule has 0 radical (unpaired) electrons. The Hall–Kier alpha value is -5.89. The Bertz CT molecular complexity index is 2550. The lowest BCUT2D eigenvalue weighted by Crippen LogP contribution is -2.15. The number of fused-ring (bicyclic) bond motifs is 5. The second kappa shape index (κ2) is 12.5. The molecule has 0 N–H and O–H groups in total. The smallest absolute Gasteiger partial charge is 0.0482 e. The molecule has 8 aromatic rings. The molecule has 244 valence electrons. The van der Waals surface area contributed by atoms with Gasteiger partial charge in [-0.1, -0.05) is 159 Å². The van der Waals surface area contributed by atoms with Crippen LogP contribution < -0.4 is 4.90 Å². The minimum atomic E-state index is -0.145. The fourth-order valence-corrected chi connectivity index (χ4v) is 8.21. The molecule has 0 atom stereocenters. The molecule has 1 aliphatic rings. The van der Waals surface area contributed by atoms with Crippen LogP contribution >= 0.6 is 11.6 Å². The summed E-state index contributed by atoms with van der Waals surface area (Å²) in [6, 6.07) is 65.3. The third-order valence-electron chi connectivity index (χ3n) is 10.5. The molecule has 9 rings (SSSR count). The van der Waals surface area contributed by atoms with E-state index in [1.165, 1.54) is 49.7 Å². The minimum absolute atomic E-state index is 0.145. The van der Waals surface area contributed by atoms with Crippen molar-refractivity contribution in [1.29, 1.82) is 0 Å². The fraction of sp³-hybridized carbons (Fsp3) is 0.0612. The molecular formula is C49H36ClN. The maximum absolute atomic E-state index is 7.04. The number of hydrogen-bond donors (Lipinski definition) is 0. The Balaban J connectivity index is 1.17. The second-order valence-electron chi connectivity index (χ2n) is 14.0. The standard InChI is InChI=1S/C49H36ClN/c1-49(2)47-31-38(23-26-45(47)46-27-22-36-16-9-10-19-44(36)48(46)49)39-28-40(50)32-43(30-39)51(41-24-20-35(21-25-41)33-12-5-3-6-13-33)42-18-11-17-37(29-42)34-14-7-4-8-15-34/h3-32H,1-2H3. The summed E-state index contributed by atoms with van der Waals surface area (Å²) in [7, 11) is 0. The molecule has 0 aliphatic heterocycles. The first kappa shape index (κ1) is 31.1. The normalized spacial score (nSPS) is 12.8. The van der Waals surface area contributed by atoms with Gasteiger partial charge in [-0.05, 0) is 115 Å². The summed E-state index contributed by atoms with van der Waals surface area (Å²) in [4.78, 5) is 2.32. The van der Waals surface area contributed by atoms with Crippen molar-refractivity contribution in [2.75, 3.05) is 4.90 Å². The number of anilines is 3. The fourth-order valence-electron chi connectivity index (χ4n) is 7.99. The lowest BCUT2D eigenvalue weighted by molar-refractivity contribution is 0.666. The number of rotatable bonds is 6. The molecule has 0 unspecified atom stereocenters. The second-order valence-corrected chi connectivity index (χ2v) is 14.4. The first-order valence-electron chi connectivity index (χ1n) is 17.5. The Kier molecular flexibility index (Phi) is 7.60. The highest BCUT2D eigenvalue weighted by Crippen LogP contribution is 2.52. The Morgan fingerprint density at radius 3 is 1.76 bits per heavy atom. The maximum atomic E-state index is 7.04. The summed E-state index contributed by atoms with van der Waals surface area (Å²) in [5.41, 5.74) is 15.3. The van der Waals surface area contributed by atoms with Gasteiger partial charge in [0.05, 0.1) is 0 Å². The van der Waals surface area contributed by atoms with E-state index in [-0.39, 0.29) is 5.41 Å². The zero-order valence-electron chi connectivity index (χ0n) is 28.6. The summed E-state index contributed by atoms with van der Waals surface area (Å²) in [6.45, 7) is 4.72. The van der Waals surface area contributed by atoms with E-state index in [4.69, 9.17) is 11.6 Å². The summed E-state index contributed by atoms with van der Waals surface area (Å²) in [6.07, 6.45) is 0. The van der Waals surface area contributed by atoms with Crippen LogP contribution in [0, 0.1) is 0 Å². The van der Waals surface area contributed by atoms with Crippen LogP contribution in [0.4, 0.5) is 17.1 Å². The largest absolute Gasteiger partial charge is 0.310 e. The van der Waals surface area contributed by atoms with Crippen molar-refractivity contribution in [2.24, 2.45) is 0 Å². The predicted octanol–water partition coefficient (Wildman–Crippen LogP) is 14.3. The molecule has 51 heavy (non-hydrogen) atoms. The number of nitrogens with zero attached hydrogens (tertiary/aromatic N) is 1. The van der Waals surface area contributed by atoms with Crippen molar-refractivity contribution < 1.29 is 0 Å². The zero-order valence-corrected chi connectivity index (χ0v) is 29.4. The van der Waals surface area contributed by atoms with Crippen molar-refractivity contribution in [3.05, 3.63) is 198 Å². The Morgan fingerprint density at radius 1 is 0.412 bits per heavy atom. The van der Waals surface area contributed by atoms with E-state index in [1.54, 1.807) is 0 Å². The van der Waals surface area contributed by atoms with Gasteiger partial charge in [-0.25, -0.2) is 0 Å². The topological polar surface area (TPSA) is 3.24 Å². The van der Waals surface area contributed by atoms with Crippen LogP contribution in [-0.2, 0) is 5.41 Å². The molecule has 0 saturated carbocycles. The summed E-state index contributed by atoms with van der Waals surface area (Å²) in [5, 5.41) is 3.31. The van der Waals surface area contributed by atoms with Crippen LogP contribution in [0.5, 0.6) is 0 Å². The van der Waals surface area contributed by atoms with Gasteiger partial charge in [0.2, 0.25) is 0 Å². The highest BCUT2D eigenvalue weighted by molar-refractivity contribution is 6.31. The van der Waals surface area contributed by atoms with Gasteiger partial charge in [0.1, 0.15) is 0 Å². The average Bonchev–Trinajstić information content (AvgIpc) is 3.41. The zero-order chi connectivity index (χ0) is 34.5. The molecule has 0 bridgehead atoms. The van der Waals surface area contributed by atoms with Crippen LogP contribution in [0.15, 0.2) is 182 Å². The molecule has 0 spiro atoms. The first-order valence-corrected chi connectivity index (χ1v) is 17.9. The number of hydrogen-bond acceptors (Lipinski definition) is 1. The van der Waals surface area contributed by atoms with Crippen LogP contribution in [0.25, 0.3) is 55.3 Å². The lowest BCUT2D eigenvalue weighted by Gasteiger charge is -2.27. The molecule has 1 nitrogen and oxygen atoms in total. The molecule has 0 amide bonds. The van der Waals surface area contributed by atoms with Crippen LogP contribution in [0.2, 0.25) is 5.02 Å². The van der Waals surface area contributed by atoms with E-state index in [9.17, 15) is 0 Å². The summed E-state index contributed by atoms with van der Waals surface area (Å²) < 4.78 is 0. The van der Waals surface area contributed by atoms with Gasteiger partial charge >= 0.3 is 0 Å². The van der Waals surface area contributed by atoms with Gasteiger partial charge in [-0.2, -0.15) is 0 Å². The van der Waals surface area contributed by atoms with E-state index in [1.807, 2.05) is 0 Å². The molecule has 8 aromatic carbocycles. The maximum Gasteiger partial charge on any atom is 0.0482 e. The SMILES string of the molecule is CC1(C)c2cc(-c3cc(Cl)cc(N(c4ccc(-c5ccccc5)cc4)c4cccc(-c5ccccc5)c4)c3)ccc2-c2ccc3ccccc3c21. The van der Waals surface area contributed by atoms with Gasteiger partial charge in [-0.3, -0.25) is 0 Å². The van der Waals surface area contributed by atoms with E-state index in [2.05, 4.69) is 201 Å². The Morgan fingerprint density at radius 2 is 1.00 bits per heavy atom. The quantitative estimate of drug-likeness (QED) is 0.170. The van der Waals surface area contributed by atoms with Crippen molar-refractivity contribution in [1.82, 2.24) is 0 Å². The molecule has 0 fully saturated rings. The minimum Gasteiger partial charge on any atom is -0.310 e. The van der Waals surface area contributed by atoms with Gasteiger partial charge in [0.25, 0.3) is 0 Å². The van der Waals surface area contributed by atoms with Crippen LogP contribution in [0.1, 0.15) is 25.0 Å². The monoisotopic (exact) mass is 673 g/mol. The number of halogens is 1. The van der Waals surface area contributed by atoms with Gasteiger partial charge in [0, 0.05) is 27.5 Å². The van der Waals surface area contributed by atoms with E-state index in [0.717, 1.165) is 33.8 Å². The molecule has 0 aromatic heterocycles. The van der Waals surface area contributed by atoms with Gasteiger partial charge in [-0.15, -0.1) is 0 Å². The third-order valence-corrected chi connectivity index (χ3v) is 10.7. The highest BCUT2D eigenvalue weighted by atomic mass is 35.5. The Labute approximate surface area is 305 Å². The molecular weight excluding hydrogens is 638 g/mol. The number of benzene rings is 8. The van der Waals surface area contributed by atoms with Crippen LogP contribution in [0.3, 0.4) is 0 Å². The third kappa shape index (κ3) is 5.51. The van der Waals surface area contributed by atoms with Gasteiger partial charge < -0.3 is 4.90 Å². The highest BCUT2D eigenvalue weighted by Gasteiger charge is 2.37. The van der Waals surface area contributed by atoms with Crippen molar-refractivity contribution in [2.45, 2.75) is 19.3 Å². The predicted molar refractivity (Wildman–Crippen MR) is 218 cm³/mol. The average molecular weight is 674 g/mol. The van der Waals surface area contributed by atoms with E-state index < -0.39 is 0 Å². The molecule has 0 saturated heterocycles. The molecule has 1 aliphatic carbocycles. The van der Waals surface area contributed by atoms with Crippen LogP contribution in [-0.4, -0.2) is 0 Å². The first-order chi connectivity index (χ1) is 24.9. The summed E-state index contributed by atoms with van der Waals surface area (Å²) in [5.74, 6) is 0. The van der Waals surface area contributed by atoms with Crippen molar-refractivity contribution >= 4 is 39.4 Å². The summed E-state index contributed by atoms with van der Waals surface area (Å²) >= 11 is 7.04. The van der Waals surface area contributed by atoms with Gasteiger partial charge in [0.15, 0.2) is 0 Å². The van der Waals surface area contributed by atoms with E-state index >= 15 is 0 Å². The van der Waals surface area contributed by atoms with E-state index in [0.29, 0.717) is 5.02 Å².